The van der Waals surface area contributed by atoms with E-state index in [2.05, 4.69) is 48.9 Å². The molecule has 2 heteroatoms. The third-order valence-corrected chi connectivity index (χ3v) is 3.20. The van der Waals surface area contributed by atoms with E-state index >= 15 is 0 Å². The molecule has 1 aliphatic heterocycles. The number of rotatable bonds is 1. The Morgan fingerprint density at radius 1 is 0.941 bits per heavy atom. The molecule has 0 radical (unpaired) electrons. The summed E-state index contributed by atoms with van der Waals surface area (Å²) in [5, 5.41) is 0. The van der Waals surface area contributed by atoms with Crippen molar-refractivity contribution in [2.75, 3.05) is 38.1 Å². The monoisotopic (exact) mass is 234 g/mol. The minimum absolute atomic E-state index is 1.15. The molecule has 0 bridgehead atoms. The zero-order chi connectivity index (χ0) is 12.8. The number of nitrogens with zero attached hydrogens (tertiary/aromatic N) is 2. The summed E-state index contributed by atoms with van der Waals surface area (Å²) >= 11 is 0. The molecular formula is C15H26N2. The van der Waals surface area contributed by atoms with Crippen LogP contribution in [0.2, 0.25) is 0 Å². The first kappa shape index (κ1) is 14.0. The van der Waals surface area contributed by atoms with Gasteiger partial charge in [-0.05, 0) is 32.5 Å². The lowest BCUT2D eigenvalue weighted by molar-refractivity contribution is 0.312. The standard InChI is InChI=1S/C13H20N2.C2H6/c1-11-4-5-13(12(2)10-11)15-8-6-14(3)7-9-15;1-2/h4-5,10H,6-9H2,1-3H3;1-2H3. The lowest BCUT2D eigenvalue weighted by Crippen LogP contribution is -2.44. The summed E-state index contributed by atoms with van der Waals surface area (Å²) in [6.07, 6.45) is 0. The number of aryl methyl sites for hydroxylation is 2. The molecule has 0 aromatic heterocycles. The Morgan fingerprint density at radius 3 is 2.06 bits per heavy atom. The molecule has 0 saturated carbocycles. The van der Waals surface area contributed by atoms with E-state index < -0.39 is 0 Å². The van der Waals surface area contributed by atoms with Crippen LogP contribution >= 0.6 is 0 Å². The lowest BCUT2D eigenvalue weighted by atomic mass is 10.1. The first-order valence-corrected chi connectivity index (χ1v) is 6.67. The van der Waals surface area contributed by atoms with E-state index in [1.165, 1.54) is 29.9 Å². The zero-order valence-corrected chi connectivity index (χ0v) is 12.0. The van der Waals surface area contributed by atoms with E-state index in [-0.39, 0.29) is 0 Å². The molecule has 0 atom stereocenters. The normalized spacial score (nSPS) is 16.4. The quantitative estimate of drug-likeness (QED) is 0.737. The second-order valence-corrected chi connectivity index (χ2v) is 4.58. The highest BCUT2D eigenvalue weighted by Crippen LogP contribution is 2.21. The number of anilines is 1. The molecule has 1 fully saturated rings. The predicted octanol–water partition coefficient (Wildman–Crippen LogP) is 3.08. The second kappa shape index (κ2) is 6.65. The van der Waals surface area contributed by atoms with Crippen LogP contribution < -0.4 is 4.90 Å². The van der Waals surface area contributed by atoms with Crippen LogP contribution in [0.4, 0.5) is 5.69 Å². The minimum Gasteiger partial charge on any atom is -0.369 e. The van der Waals surface area contributed by atoms with E-state index in [1.54, 1.807) is 0 Å². The summed E-state index contributed by atoms with van der Waals surface area (Å²) in [6.45, 7) is 13.0. The Labute approximate surface area is 106 Å². The predicted molar refractivity (Wildman–Crippen MR) is 77.0 cm³/mol. The van der Waals surface area contributed by atoms with Gasteiger partial charge in [0.05, 0.1) is 0 Å². The molecule has 0 amide bonds. The van der Waals surface area contributed by atoms with Crippen molar-refractivity contribution in [1.82, 2.24) is 4.90 Å². The molecule has 1 aromatic rings. The molecule has 1 aliphatic rings. The van der Waals surface area contributed by atoms with Crippen molar-refractivity contribution in [3.05, 3.63) is 29.3 Å². The summed E-state index contributed by atoms with van der Waals surface area (Å²) in [5.74, 6) is 0. The summed E-state index contributed by atoms with van der Waals surface area (Å²) in [7, 11) is 2.19. The van der Waals surface area contributed by atoms with E-state index in [4.69, 9.17) is 0 Å². The topological polar surface area (TPSA) is 6.48 Å². The molecule has 2 nitrogen and oxygen atoms in total. The summed E-state index contributed by atoms with van der Waals surface area (Å²) < 4.78 is 0. The molecular weight excluding hydrogens is 208 g/mol. The van der Waals surface area contributed by atoms with Crippen molar-refractivity contribution in [1.29, 1.82) is 0 Å². The number of piperazine rings is 1. The first-order chi connectivity index (χ1) is 8.16. The van der Waals surface area contributed by atoms with Crippen LogP contribution in [0.3, 0.4) is 0 Å². The molecule has 0 N–H and O–H groups in total. The smallest absolute Gasteiger partial charge is 0.0396 e. The molecule has 96 valence electrons. The Bertz CT molecular complexity index is 339. The number of hydrogen-bond acceptors (Lipinski definition) is 2. The van der Waals surface area contributed by atoms with Crippen LogP contribution in [0.15, 0.2) is 18.2 Å². The molecule has 1 heterocycles. The van der Waals surface area contributed by atoms with Gasteiger partial charge in [0.1, 0.15) is 0 Å². The van der Waals surface area contributed by atoms with Gasteiger partial charge < -0.3 is 9.80 Å². The zero-order valence-electron chi connectivity index (χ0n) is 12.0. The Kier molecular flexibility index (Phi) is 5.49. The van der Waals surface area contributed by atoms with Crippen molar-refractivity contribution in [2.24, 2.45) is 0 Å². The van der Waals surface area contributed by atoms with E-state index in [1.807, 2.05) is 13.8 Å². The molecule has 0 spiro atoms. The fraction of sp³-hybridized carbons (Fsp3) is 0.600. The highest BCUT2D eigenvalue weighted by Gasteiger charge is 2.15. The Balaban J connectivity index is 0.000000686. The fourth-order valence-electron chi connectivity index (χ4n) is 2.21. The molecule has 0 aliphatic carbocycles. The van der Waals surface area contributed by atoms with Gasteiger partial charge in [0.2, 0.25) is 0 Å². The van der Waals surface area contributed by atoms with E-state index in [9.17, 15) is 0 Å². The highest BCUT2D eigenvalue weighted by atomic mass is 15.2. The maximum absolute atomic E-state index is 2.49. The summed E-state index contributed by atoms with van der Waals surface area (Å²) in [4.78, 5) is 4.88. The summed E-state index contributed by atoms with van der Waals surface area (Å²) in [6, 6.07) is 6.74. The van der Waals surface area contributed by atoms with Crippen molar-refractivity contribution in [3.63, 3.8) is 0 Å². The maximum Gasteiger partial charge on any atom is 0.0396 e. The molecule has 17 heavy (non-hydrogen) atoms. The number of hydrogen-bond donors (Lipinski definition) is 0. The van der Waals surface area contributed by atoms with Crippen LogP contribution in [-0.4, -0.2) is 38.1 Å². The molecule has 1 aromatic carbocycles. The maximum atomic E-state index is 2.49. The van der Waals surface area contributed by atoms with Gasteiger partial charge in [-0.2, -0.15) is 0 Å². The number of likely N-dealkylation sites (N-methyl/N-ethyl adjacent to an activating group) is 1. The number of benzene rings is 1. The second-order valence-electron chi connectivity index (χ2n) is 4.58. The van der Waals surface area contributed by atoms with Gasteiger partial charge in [-0.1, -0.05) is 31.5 Å². The van der Waals surface area contributed by atoms with E-state index in [0.717, 1.165) is 13.1 Å². The molecule has 2 rings (SSSR count). The van der Waals surface area contributed by atoms with Gasteiger partial charge in [-0.25, -0.2) is 0 Å². The van der Waals surface area contributed by atoms with Gasteiger partial charge in [0, 0.05) is 31.9 Å². The Hall–Kier alpha value is -1.02. The third kappa shape index (κ3) is 3.74. The molecule has 0 unspecified atom stereocenters. The molecule has 1 saturated heterocycles. The summed E-state index contributed by atoms with van der Waals surface area (Å²) in [5.41, 5.74) is 4.17. The van der Waals surface area contributed by atoms with E-state index in [0.29, 0.717) is 0 Å². The van der Waals surface area contributed by atoms with Gasteiger partial charge in [-0.3, -0.25) is 0 Å². The van der Waals surface area contributed by atoms with Crippen molar-refractivity contribution in [2.45, 2.75) is 27.7 Å². The first-order valence-electron chi connectivity index (χ1n) is 6.67. The van der Waals surface area contributed by atoms with Crippen LogP contribution in [0.25, 0.3) is 0 Å². The van der Waals surface area contributed by atoms with Crippen LogP contribution in [0, 0.1) is 13.8 Å². The lowest BCUT2D eigenvalue weighted by Gasteiger charge is -2.35. The van der Waals surface area contributed by atoms with Gasteiger partial charge in [-0.15, -0.1) is 0 Å². The van der Waals surface area contributed by atoms with Gasteiger partial charge in [0.15, 0.2) is 0 Å². The third-order valence-electron chi connectivity index (χ3n) is 3.20. The largest absolute Gasteiger partial charge is 0.369 e. The average Bonchev–Trinajstić information content (AvgIpc) is 2.33. The van der Waals surface area contributed by atoms with Crippen molar-refractivity contribution < 1.29 is 0 Å². The van der Waals surface area contributed by atoms with Crippen LogP contribution in [-0.2, 0) is 0 Å². The van der Waals surface area contributed by atoms with Crippen molar-refractivity contribution in [3.8, 4) is 0 Å². The van der Waals surface area contributed by atoms with Gasteiger partial charge >= 0.3 is 0 Å². The highest BCUT2D eigenvalue weighted by molar-refractivity contribution is 5.54. The van der Waals surface area contributed by atoms with Crippen LogP contribution in [0.1, 0.15) is 25.0 Å². The van der Waals surface area contributed by atoms with Crippen molar-refractivity contribution >= 4 is 5.69 Å². The van der Waals surface area contributed by atoms with Crippen LogP contribution in [0.5, 0.6) is 0 Å². The van der Waals surface area contributed by atoms with Gasteiger partial charge in [0.25, 0.3) is 0 Å². The average molecular weight is 234 g/mol. The fourth-order valence-corrected chi connectivity index (χ4v) is 2.21. The Morgan fingerprint density at radius 2 is 1.53 bits per heavy atom. The SMILES string of the molecule is CC.Cc1ccc(N2CCN(C)CC2)c(C)c1. The minimum atomic E-state index is 1.15.